The van der Waals surface area contributed by atoms with Crippen LogP contribution in [-0.2, 0) is 0 Å². The maximum Gasteiger partial charge on any atom is 0.0273 e. The summed E-state index contributed by atoms with van der Waals surface area (Å²) < 4.78 is 0. The number of benzene rings is 1. The van der Waals surface area contributed by atoms with Gasteiger partial charge in [0, 0.05) is 24.8 Å². The highest BCUT2D eigenvalue weighted by Crippen LogP contribution is 2.24. The number of aromatic nitrogens is 1. The van der Waals surface area contributed by atoms with E-state index in [2.05, 4.69) is 46.4 Å². The second-order valence-corrected chi connectivity index (χ2v) is 4.39. The van der Waals surface area contributed by atoms with E-state index < -0.39 is 0 Å². The summed E-state index contributed by atoms with van der Waals surface area (Å²) in [6, 6.07) is 12.7. The lowest BCUT2D eigenvalue weighted by Crippen LogP contribution is -1.85. The summed E-state index contributed by atoms with van der Waals surface area (Å²) in [6.07, 6.45) is 12.4. The topological polar surface area (TPSA) is 25.2 Å². The van der Waals surface area contributed by atoms with E-state index in [1.807, 2.05) is 36.9 Å². The summed E-state index contributed by atoms with van der Waals surface area (Å²) >= 11 is 0. The lowest BCUT2D eigenvalue weighted by molar-refractivity contribution is 1.33. The molecule has 2 heteroatoms. The zero-order chi connectivity index (χ0) is 12.9. The Bertz CT molecular complexity index is 635. The van der Waals surface area contributed by atoms with Gasteiger partial charge in [0.25, 0.3) is 0 Å². The summed E-state index contributed by atoms with van der Waals surface area (Å²) in [5.74, 6) is 0. The predicted octanol–water partition coefficient (Wildman–Crippen LogP) is 4.12. The number of hydrogen-bond donors (Lipinski definition) is 0. The Morgan fingerprint density at radius 1 is 0.789 bits per heavy atom. The average Bonchev–Trinajstić information content (AvgIpc) is 2.77. The third kappa shape index (κ3) is 2.68. The molecule has 0 amide bonds. The molecule has 0 spiro atoms. The molecule has 19 heavy (non-hydrogen) atoms. The number of rotatable bonds is 2. The number of aliphatic imine (C=N–C) groups is 1. The molecule has 3 rings (SSSR count). The Labute approximate surface area is 112 Å². The van der Waals surface area contributed by atoms with Crippen LogP contribution in [0.25, 0.3) is 16.7 Å². The van der Waals surface area contributed by atoms with Gasteiger partial charge in [0.2, 0.25) is 0 Å². The molecule has 0 fully saturated rings. The van der Waals surface area contributed by atoms with Crippen molar-refractivity contribution in [1.29, 1.82) is 0 Å². The van der Waals surface area contributed by atoms with Crippen LogP contribution in [0, 0.1) is 0 Å². The minimum absolute atomic E-state index is 0.925. The van der Waals surface area contributed by atoms with Crippen LogP contribution in [0.5, 0.6) is 0 Å². The number of nitrogens with zero attached hydrogens (tertiary/aromatic N) is 2. The normalized spacial score (nSPS) is 14.0. The van der Waals surface area contributed by atoms with Crippen LogP contribution in [0.1, 0.15) is 12.0 Å². The maximum absolute atomic E-state index is 4.12. The first-order valence-corrected chi connectivity index (χ1v) is 6.32. The van der Waals surface area contributed by atoms with Crippen molar-refractivity contribution < 1.29 is 0 Å². The summed E-state index contributed by atoms with van der Waals surface area (Å²) in [5.41, 5.74) is 4.94. The van der Waals surface area contributed by atoms with Gasteiger partial charge in [-0.05, 0) is 46.9 Å². The first kappa shape index (κ1) is 11.6. The highest BCUT2D eigenvalue weighted by atomic mass is 14.7. The third-order valence-electron chi connectivity index (χ3n) is 3.16. The molecule has 2 nitrogen and oxygen atoms in total. The summed E-state index contributed by atoms with van der Waals surface area (Å²) in [7, 11) is 0. The van der Waals surface area contributed by atoms with Crippen molar-refractivity contribution in [1.82, 2.24) is 4.98 Å². The van der Waals surface area contributed by atoms with Crippen molar-refractivity contribution >= 4 is 11.8 Å². The van der Waals surface area contributed by atoms with Crippen LogP contribution >= 0.6 is 0 Å². The Balaban J connectivity index is 1.89. The molecule has 0 saturated carbocycles. The molecular weight excluding hydrogens is 232 g/mol. The van der Waals surface area contributed by atoms with Crippen LogP contribution in [0.3, 0.4) is 0 Å². The molecule has 2 heterocycles. The van der Waals surface area contributed by atoms with Gasteiger partial charge in [-0.1, -0.05) is 30.3 Å². The molecule has 1 aliphatic rings. The fourth-order valence-corrected chi connectivity index (χ4v) is 2.13. The van der Waals surface area contributed by atoms with Gasteiger partial charge < -0.3 is 0 Å². The van der Waals surface area contributed by atoms with E-state index in [1.165, 1.54) is 22.3 Å². The Morgan fingerprint density at radius 3 is 2.26 bits per heavy atom. The molecular formula is C17H14N2. The molecule has 1 aromatic carbocycles. The largest absolute Gasteiger partial charge is 0.265 e. The molecule has 0 saturated heterocycles. The Hall–Kier alpha value is -2.48. The van der Waals surface area contributed by atoms with Crippen molar-refractivity contribution in [3.63, 3.8) is 0 Å². The lowest BCUT2D eigenvalue weighted by atomic mass is 9.99. The smallest absolute Gasteiger partial charge is 0.0273 e. The second kappa shape index (κ2) is 5.44. The van der Waals surface area contributed by atoms with Crippen molar-refractivity contribution in [2.45, 2.75) is 6.42 Å². The first-order chi connectivity index (χ1) is 9.43. The molecule has 1 aliphatic heterocycles. The second-order valence-electron chi connectivity index (χ2n) is 4.39. The highest BCUT2D eigenvalue weighted by molar-refractivity contribution is 5.86. The molecule has 2 aromatic rings. The van der Waals surface area contributed by atoms with E-state index >= 15 is 0 Å². The van der Waals surface area contributed by atoms with Gasteiger partial charge in [-0.3, -0.25) is 9.98 Å². The highest BCUT2D eigenvalue weighted by Gasteiger charge is 2.02. The monoisotopic (exact) mass is 246 g/mol. The summed E-state index contributed by atoms with van der Waals surface area (Å²) in [4.78, 5) is 8.16. The van der Waals surface area contributed by atoms with Crippen molar-refractivity contribution in [3.05, 3.63) is 72.7 Å². The maximum atomic E-state index is 4.12. The van der Waals surface area contributed by atoms with Gasteiger partial charge >= 0.3 is 0 Å². The molecule has 0 unspecified atom stereocenters. The van der Waals surface area contributed by atoms with Gasteiger partial charge in [0.15, 0.2) is 0 Å². The number of pyridine rings is 1. The fourth-order valence-electron chi connectivity index (χ4n) is 2.13. The third-order valence-corrected chi connectivity index (χ3v) is 3.16. The van der Waals surface area contributed by atoms with E-state index in [0.29, 0.717) is 0 Å². The van der Waals surface area contributed by atoms with Crippen LogP contribution in [-0.4, -0.2) is 11.2 Å². The fraction of sp³-hybridized carbons (Fsp3) is 0.0588. The Morgan fingerprint density at radius 2 is 1.47 bits per heavy atom. The SMILES string of the molecule is C1=CN=CC=C(c2ccc(-c3ccncc3)cc2)C1. The zero-order valence-corrected chi connectivity index (χ0v) is 10.5. The summed E-state index contributed by atoms with van der Waals surface area (Å²) in [6.45, 7) is 0. The minimum Gasteiger partial charge on any atom is -0.265 e. The average molecular weight is 246 g/mol. The molecule has 92 valence electrons. The minimum atomic E-state index is 0.925. The summed E-state index contributed by atoms with van der Waals surface area (Å²) in [5, 5.41) is 0. The van der Waals surface area contributed by atoms with Gasteiger partial charge in [-0.2, -0.15) is 0 Å². The van der Waals surface area contributed by atoms with Crippen LogP contribution in [0.2, 0.25) is 0 Å². The first-order valence-electron chi connectivity index (χ1n) is 6.32. The van der Waals surface area contributed by atoms with Gasteiger partial charge in [-0.25, -0.2) is 0 Å². The van der Waals surface area contributed by atoms with E-state index in [-0.39, 0.29) is 0 Å². The van der Waals surface area contributed by atoms with E-state index in [9.17, 15) is 0 Å². The van der Waals surface area contributed by atoms with E-state index in [1.54, 1.807) is 0 Å². The predicted molar refractivity (Wildman–Crippen MR) is 79.9 cm³/mol. The molecule has 0 aliphatic carbocycles. The lowest BCUT2D eigenvalue weighted by Gasteiger charge is -2.06. The van der Waals surface area contributed by atoms with E-state index in [4.69, 9.17) is 0 Å². The molecule has 1 aromatic heterocycles. The van der Waals surface area contributed by atoms with Crippen LogP contribution in [0.15, 0.2) is 72.1 Å². The van der Waals surface area contributed by atoms with Gasteiger partial charge in [0.1, 0.15) is 0 Å². The standard InChI is InChI=1S/C17H14N2/c1-2-14(7-11-18-10-1)15-3-5-16(6-4-15)17-8-12-19-13-9-17/h1,3-13H,2H2. The van der Waals surface area contributed by atoms with Gasteiger partial charge in [0.05, 0.1) is 0 Å². The van der Waals surface area contributed by atoms with Crippen LogP contribution < -0.4 is 0 Å². The molecule has 0 radical (unpaired) electrons. The van der Waals surface area contributed by atoms with Crippen molar-refractivity contribution in [3.8, 4) is 11.1 Å². The van der Waals surface area contributed by atoms with Crippen molar-refractivity contribution in [2.75, 3.05) is 0 Å². The number of hydrogen-bond acceptors (Lipinski definition) is 2. The molecule has 0 N–H and O–H groups in total. The zero-order valence-electron chi connectivity index (χ0n) is 10.5. The van der Waals surface area contributed by atoms with E-state index in [0.717, 1.165) is 6.42 Å². The quantitative estimate of drug-likeness (QED) is 0.782. The molecule has 0 atom stereocenters. The Kier molecular flexibility index (Phi) is 3.32. The number of allylic oxidation sites excluding steroid dienone is 3. The van der Waals surface area contributed by atoms with Crippen LogP contribution in [0.4, 0.5) is 0 Å². The molecule has 0 bridgehead atoms. The van der Waals surface area contributed by atoms with Gasteiger partial charge in [-0.15, -0.1) is 0 Å². The van der Waals surface area contributed by atoms with Crippen molar-refractivity contribution in [2.24, 2.45) is 4.99 Å².